The van der Waals surface area contributed by atoms with Crippen LogP contribution >= 0.6 is 35.3 Å². The normalized spacial score (nSPS) is 11.0. The van der Waals surface area contributed by atoms with Crippen LogP contribution in [-0.4, -0.2) is 25.1 Å². The number of thiophene rings is 1. The fraction of sp³-hybridized carbons (Fsp3) is 0.444. The van der Waals surface area contributed by atoms with Gasteiger partial charge in [0.05, 0.1) is 25.9 Å². The van der Waals surface area contributed by atoms with Crippen molar-refractivity contribution in [1.29, 1.82) is 0 Å². The number of hydrogen-bond acceptors (Lipinski definition) is 4. The molecule has 0 spiro atoms. The van der Waals surface area contributed by atoms with E-state index in [4.69, 9.17) is 4.74 Å². The van der Waals surface area contributed by atoms with E-state index in [0.717, 1.165) is 41.5 Å². The van der Waals surface area contributed by atoms with E-state index in [2.05, 4.69) is 39.7 Å². The van der Waals surface area contributed by atoms with E-state index >= 15 is 0 Å². The van der Waals surface area contributed by atoms with E-state index in [1.165, 1.54) is 9.75 Å². The highest BCUT2D eigenvalue weighted by molar-refractivity contribution is 14.0. The molecule has 0 bridgehead atoms. The minimum absolute atomic E-state index is 0. The molecule has 2 heterocycles. The van der Waals surface area contributed by atoms with Crippen LogP contribution < -0.4 is 15.4 Å². The van der Waals surface area contributed by atoms with Gasteiger partial charge in [0.15, 0.2) is 5.96 Å². The molecule has 7 heteroatoms. The summed E-state index contributed by atoms with van der Waals surface area (Å²) in [7, 11) is 3.47. The van der Waals surface area contributed by atoms with Gasteiger partial charge in [0.25, 0.3) is 0 Å². The zero-order valence-corrected chi connectivity index (χ0v) is 18.6. The van der Waals surface area contributed by atoms with E-state index in [0.29, 0.717) is 6.54 Å². The minimum Gasteiger partial charge on any atom is -0.496 e. The first kappa shape index (κ1) is 21.7. The maximum Gasteiger partial charge on any atom is 0.191 e. The number of halogens is 1. The molecule has 5 nitrogen and oxygen atoms in total. The van der Waals surface area contributed by atoms with Gasteiger partial charge >= 0.3 is 0 Å². The van der Waals surface area contributed by atoms with Crippen molar-refractivity contribution in [1.82, 2.24) is 15.6 Å². The summed E-state index contributed by atoms with van der Waals surface area (Å²) >= 11 is 1.83. The van der Waals surface area contributed by atoms with Crippen LogP contribution in [0.15, 0.2) is 23.3 Å². The highest BCUT2D eigenvalue weighted by Gasteiger charge is 2.10. The molecule has 25 heavy (non-hydrogen) atoms. The van der Waals surface area contributed by atoms with Crippen molar-refractivity contribution in [2.45, 2.75) is 40.3 Å². The first-order valence-corrected chi connectivity index (χ1v) is 8.91. The van der Waals surface area contributed by atoms with Crippen LogP contribution in [0.1, 0.15) is 33.5 Å². The number of aromatic nitrogens is 1. The summed E-state index contributed by atoms with van der Waals surface area (Å²) in [5.74, 6) is 1.66. The lowest BCUT2D eigenvalue weighted by Crippen LogP contribution is -2.36. The summed E-state index contributed by atoms with van der Waals surface area (Å²) < 4.78 is 5.46. The molecule has 0 aromatic carbocycles. The SMILES string of the molecule is CCc1ccc(CNC(=NC)NCc2ncc(C)c(OC)c2C)s1.I. The van der Waals surface area contributed by atoms with E-state index in [9.17, 15) is 0 Å². The van der Waals surface area contributed by atoms with Gasteiger partial charge in [-0.15, -0.1) is 35.3 Å². The molecule has 0 atom stereocenters. The molecule has 0 aliphatic rings. The molecular weight excluding hydrogens is 447 g/mol. The Labute approximate surface area is 171 Å². The predicted molar refractivity (Wildman–Crippen MR) is 116 cm³/mol. The lowest BCUT2D eigenvalue weighted by molar-refractivity contribution is 0.406. The van der Waals surface area contributed by atoms with E-state index < -0.39 is 0 Å². The minimum atomic E-state index is 0. The smallest absolute Gasteiger partial charge is 0.191 e. The Morgan fingerprint density at radius 1 is 1.20 bits per heavy atom. The number of guanidine groups is 1. The van der Waals surface area contributed by atoms with Crippen molar-refractivity contribution in [3.63, 3.8) is 0 Å². The van der Waals surface area contributed by atoms with Gasteiger partial charge in [0.2, 0.25) is 0 Å². The molecule has 2 rings (SSSR count). The molecule has 0 saturated heterocycles. The fourth-order valence-electron chi connectivity index (χ4n) is 2.52. The standard InChI is InChI=1S/C18H26N4OS.HI/c1-6-14-7-8-15(24-14)10-21-18(19-4)22-11-16-13(3)17(23-5)12(2)9-20-16;/h7-9H,6,10-11H2,1-5H3,(H2,19,21,22);1H. The van der Waals surface area contributed by atoms with Gasteiger partial charge in [0.1, 0.15) is 5.75 Å². The zero-order chi connectivity index (χ0) is 17.5. The molecule has 2 aromatic heterocycles. The number of hydrogen-bond donors (Lipinski definition) is 2. The summed E-state index contributed by atoms with van der Waals surface area (Å²) in [5.41, 5.74) is 3.07. The van der Waals surface area contributed by atoms with Crippen LogP contribution in [-0.2, 0) is 19.5 Å². The molecule has 0 unspecified atom stereocenters. The molecule has 2 aromatic rings. The third-order valence-corrected chi connectivity index (χ3v) is 5.12. The second kappa shape index (κ2) is 10.6. The summed E-state index contributed by atoms with van der Waals surface area (Å²) in [6.45, 7) is 7.58. The average molecular weight is 474 g/mol. The summed E-state index contributed by atoms with van der Waals surface area (Å²) in [4.78, 5) is 11.5. The number of nitrogens with one attached hydrogen (secondary N) is 2. The number of pyridine rings is 1. The third-order valence-electron chi connectivity index (χ3n) is 3.89. The van der Waals surface area contributed by atoms with Crippen molar-refractivity contribution < 1.29 is 4.74 Å². The quantitative estimate of drug-likeness (QED) is 0.380. The average Bonchev–Trinajstić information content (AvgIpc) is 3.05. The molecule has 0 aliphatic heterocycles. The van der Waals surface area contributed by atoms with Crippen LogP contribution in [0.25, 0.3) is 0 Å². The number of nitrogens with zero attached hydrogens (tertiary/aromatic N) is 2. The highest BCUT2D eigenvalue weighted by atomic mass is 127. The van der Waals surface area contributed by atoms with Crippen molar-refractivity contribution >= 4 is 41.3 Å². The number of rotatable bonds is 6. The predicted octanol–water partition coefficient (Wildman–Crippen LogP) is 3.81. The zero-order valence-electron chi connectivity index (χ0n) is 15.5. The van der Waals surface area contributed by atoms with Gasteiger partial charge < -0.3 is 15.4 Å². The lowest BCUT2D eigenvalue weighted by Gasteiger charge is -2.15. The second-order valence-electron chi connectivity index (χ2n) is 5.55. The van der Waals surface area contributed by atoms with Crippen LogP contribution in [0.2, 0.25) is 0 Å². The topological polar surface area (TPSA) is 58.5 Å². The van der Waals surface area contributed by atoms with Crippen LogP contribution in [0.4, 0.5) is 0 Å². The number of aliphatic imine (C=N–C) groups is 1. The van der Waals surface area contributed by atoms with Gasteiger partial charge in [-0.3, -0.25) is 9.98 Å². The molecule has 0 fully saturated rings. The summed E-state index contributed by atoms with van der Waals surface area (Å²) in [6.07, 6.45) is 2.93. The Hall–Kier alpha value is -1.35. The fourth-order valence-corrected chi connectivity index (χ4v) is 3.41. The Balaban J connectivity index is 0.00000312. The van der Waals surface area contributed by atoms with Crippen molar-refractivity contribution in [3.8, 4) is 5.75 Å². The number of methoxy groups -OCH3 is 1. The van der Waals surface area contributed by atoms with Gasteiger partial charge in [0, 0.05) is 34.1 Å². The Bertz CT molecular complexity index is 715. The first-order valence-electron chi connectivity index (χ1n) is 8.10. The Morgan fingerprint density at radius 2 is 1.88 bits per heavy atom. The van der Waals surface area contributed by atoms with Gasteiger partial charge in [-0.1, -0.05) is 6.92 Å². The largest absolute Gasteiger partial charge is 0.496 e. The Morgan fingerprint density at radius 3 is 2.48 bits per heavy atom. The first-order chi connectivity index (χ1) is 11.6. The van der Waals surface area contributed by atoms with E-state index in [1.807, 2.05) is 31.4 Å². The molecule has 0 saturated carbocycles. The molecular formula is C18H27IN4OS. The molecule has 2 N–H and O–H groups in total. The van der Waals surface area contributed by atoms with Gasteiger partial charge in [-0.25, -0.2) is 0 Å². The molecule has 0 radical (unpaired) electrons. The molecule has 138 valence electrons. The van der Waals surface area contributed by atoms with E-state index in [1.54, 1.807) is 14.2 Å². The maximum atomic E-state index is 5.46. The monoisotopic (exact) mass is 474 g/mol. The van der Waals surface area contributed by atoms with Crippen molar-refractivity contribution in [3.05, 3.63) is 44.9 Å². The van der Waals surface area contributed by atoms with Crippen molar-refractivity contribution in [2.24, 2.45) is 4.99 Å². The van der Waals surface area contributed by atoms with E-state index in [-0.39, 0.29) is 24.0 Å². The molecule has 0 amide bonds. The van der Waals surface area contributed by atoms with Gasteiger partial charge in [-0.2, -0.15) is 0 Å². The van der Waals surface area contributed by atoms with Gasteiger partial charge in [-0.05, 0) is 32.4 Å². The maximum absolute atomic E-state index is 5.46. The summed E-state index contributed by atoms with van der Waals surface area (Å²) in [5, 5.41) is 6.66. The van der Waals surface area contributed by atoms with Crippen LogP contribution in [0.5, 0.6) is 5.75 Å². The summed E-state index contributed by atoms with van der Waals surface area (Å²) in [6, 6.07) is 4.35. The lowest BCUT2D eigenvalue weighted by atomic mass is 10.1. The molecule has 0 aliphatic carbocycles. The third kappa shape index (κ3) is 5.85. The number of aryl methyl sites for hydroxylation is 2. The van der Waals surface area contributed by atoms with Crippen LogP contribution in [0.3, 0.4) is 0 Å². The number of ether oxygens (including phenoxy) is 1. The Kier molecular flexibility index (Phi) is 9.20. The van der Waals surface area contributed by atoms with Crippen LogP contribution in [0, 0.1) is 13.8 Å². The second-order valence-corrected chi connectivity index (χ2v) is 6.80. The van der Waals surface area contributed by atoms with Crippen molar-refractivity contribution in [2.75, 3.05) is 14.2 Å². The highest BCUT2D eigenvalue weighted by Crippen LogP contribution is 2.23.